The molecule has 6 heterocycles. The lowest BCUT2D eigenvalue weighted by Crippen LogP contribution is -2.43. The number of nitrogens with two attached hydrogens (primary N) is 1. The Hall–Kier alpha value is -4.34. The van der Waals surface area contributed by atoms with Gasteiger partial charge in [0.15, 0.2) is 5.82 Å². The molecule has 3 aromatic heterocycles. The summed E-state index contributed by atoms with van der Waals surface area (Å²) < 4.78 is 69.2. The summed E-state index contributed by atoms with van der Waals surface area (Å²) in [5, 5.41) is 3.74. The summed E-state index contributed by atoms with van der Waals surface area (Å²) in [5.41, 5.74) is 6.16. The van der Waals surface area contributed by atoms with Gasteiger partial charge in [0.1, 0.15) is 24.4 Å². The number of nitrogen functional groups attached to an aromatic ring is 1. The summed E-state index contributed by atoms with van der Waals surface area (Å²) in [6, 6.07) is 1.25. The maximum atomic E-state index is 14.5. The predicted molar refractivity (Wildman–Crippen MR) is 180 cm³/mol. The van der Waals surface area contributed by atoms with Crippen LogP contribution >= 0.6 is 0 Å². The topological polar surface area (TPSA) is 140 Å². The summed E-state index contributed by atoms with van der Waals surface area (Å²) in [5.74, 6) is 0.300. The van der Waals surface area contributed by atoms with E-state index in [1.807, 2.05) is 18.9 Å². The van der Waals surface area contributed by atoms with Crippen molar-refractivity contribution in [1.29, 1.82) is 0 Å². The first-order chi connectivity index (χ1) is 24.2. The first-order valence-electron chi connectivity index (χ1n) is 17.5. The van der Waals surface area contributed by atoms with Crippen molar-refractivity contribution in [2.24, 2.45) is 5.92 Å². The Balaban J connectivity index is 1.19. The second-order valence-electron chi connectivity index (χ2n) is 14.6. The van der Waals surface area contributed by atoms with E-state index in [4.69, 9.17) is 25.0 Å². The van der Waals surface area contributed by atoms with Gasteiger partial charge in [-0.3, -0.25) is 9.69 Å². The number of hydrogen-bond donors (Lipinski definition) is 1. The molecule has 5 atom stereocenters. The smallest absolute Gasteiger partial charge is 0.418 e. The Kier molecular flexibility index (Phi) is 9.17. The number of anilines is 2. The van der Waals surface area contributed by atoms with E-state index in [9.17, 15) is 22.4 Å². The fourth-order valence-electron chi connectivity index (χ4n) is 8.54. The summed E-state index contributed by atoms with van der Waals surface area (Å²) >= 11 is 0. The summed E-state index contributed by atoms with van der Waals surface area (Å²) in [6.45, 7) is 7.33. The van der Waals surface area contributed by atoms with Crippen LogP contribution in [0.25, 0.3) is 6.08 Å². The summed E-state index contributed by atoms with van der Waals surface area (Å²) in [6.07, 6.45) is 0.719. The van der Waals surface area contributed by atoms with Crippen LogP contribution in [0.15, 0.2) is 16.7 Å². The number of nitrogens with zero attached hydrogens (tertiary/aromatic N) is 8. The minimum atomic E-state index is -4.61. The number of carbonyl (C=O) groups excluding carboxylic acids is 1. The van der Waals surface area contributed by atoms with Crippen LogP contribution in [0.2, 0.25) is 0 Å². The van der Waals surface area contributed by atoms with Gasteiger partial charge in [-0.15, -0.1) is 0 Å². The number of pyridine rings is 1. The highest BCUT2D eigenvalue weighted by atomic mass is 19.4. The van der Waals surface area contributed by atoms with Gasteiger partial charge < -0.3 is 24.8 Å². The number of amides is 1. The molecule has 0 spiro atoms. The third kappa shape index (κ3) is 6.86. The number of aromatic nitrogens is 5. The molecule has 3 saturated heterocycles. The molecule has 2 unspecified atom stereocenters. The van der Waals surface area contributed by atoms with Crippen molar-refractivity contribution in [2.45, 2.75) is 89.1 Å². The van der Waals surface area contributed by atoms with Gasteiger partial charge in [0, 0.05) is 62.8 Å². The minimum absolute atomic E-state index is 0.0283. The molecule has 51 heavy (non-hydrogen) atoms. The maximum absolute atomic E-state index is 14.5. The van der Waals surface area contributed by atoms with Gasteiger partial charge in [0.25, 0.3) is 5.89 Å². The van der Waals surface area contributed by atoms with Crippen molar-refractivity contribution < 1.29 is 31.6 Å². The van der Waals surface area contributed by atoms with Crippen LogP contribution in [-0.4, -0.2) is 98.4 Å². The molecule has 4 aliphatic rings. The molecule has 0 saturated carbocycles. The molecule has 3 aliphatic heterocycles. The molecule has 0 bridgehead atoms. The van der Waals surface area contributed by atoms with Crippen molar-refractivity contribution in [2.75, 3.05) is 50.5 Å². The zero-order valence-electron chi connectivity index (χ0n) is 29.2. The molecule has 7 rings (SSSR count). The fourth-order valence-corrected chi connectivity index (χ4v) is 8.54. The Morgan fingerprint density at radius 3 is 2.73 bits per heavy atom. The average molecular weight is 714 g/mol. The highest BCUT2D eigenvalue weighted by Gasteiger charge is 2.50. The van der Waals surface area contributed by atoms with Gasteiger partial charge in [-0.2, -0.15) is 28.1 Å². The lowest BCUT2D eigenvalue weighted by atomic mass is 9.75. The Bertz CT molecular complexity index is 1830. The summed E-state index contributed by atoms with van der Waals surface area (Å²) in [4.78, 5) is 37.0. The molecule has 12 nitrogen and oxygen atoms in total. The number of likely N-dealkylation sites (tertiary alicyclic amines) is 1. The van der Waals surface area contributed by atoms with E-state index < -0.39 is 29.4 Å². The van der Waals surface area contributed by atoms with Gasteiger partial charge >= 0.3 is 12.2 Å². The van der Waals surface area contributed by atoms with Crippen molar-refractivity contribution in [3.63, 3.8) is 0 Å². The highest BCUT2D eigenvalue weighted by molar-refractivity contribution is 5.91. The van der Waals surface area contributed by atoms with Crippen LogP contribution in [0.4, 0.5) is 29.2 Å². The first kappa shape index (κ1) is 35.1. The number of likely N-dealkylation sites (N-methyl/N-ethyl adjacent to an activating group) is 1. The normalized spacial score (nSPS) is 26.5. The van der Waals surface area contributed by atoms with E-state index in [1.165, 1.54) is 25.1 Å². The number of ether oxygens (including phenoxy) is 1. The molecule has 16 heteroatoms. The zero-order chi connectivity index (χ0) is 36.2. The molecular formula is C35H43F4N9O3. The Morgan fingerprint density at radius 2 is 1.98 bits per heavy atom. The predicted octanol–water partition coefficient (Wildman–Crippen LogP) is 4.70. The van der Waals surface area contributed by atoms with Crippen LogP contribution < -0.4 is 15.4 Å². The Morgan fingerprint density at radius 1 is 1.18 bits per heavy atom. The highest BCUT2D eigenvalue weighted by Crippen LogP contribution is 2.46. The van der Waals surface area contributed by atoms with Crippen LogP contribution in [-0.2, 0) is 23.8 Å². The second kappa shape index (κ2) is 13.3. The van der Waals surface area contributed by atoms with E-state index >= 15 is 0 Å². The number of hydrogen-bond acceptors (Lipinski definition) is 11. The quantitative estimate of drug-likeness (QED) is 0.257. The van der Waals surface area contributed by atoms with Crippen LogP contribution in [0.5, 0.6) is 6.01 Å². The molecule has 3 fully saturated rings. The zero-order valence-corrected chi connectivity index (χ0v) is 29.2. The van der Waals surface area contributed by atoms with Crippen LogP contribution in [0.1, 0.15) is 78.3 Å². The molecular weight excluding hydrogens is 670 g/mol. The van der Waals surface area contributed by atoms with Gasteiger partial charge in [-0.1, -0.05) is 12.1 Å². The lowest BCUT2D eigenvalue weighted by Gasteiger charge is -2.36. The average Bonchev–Trinajstić information content (AvgIpc) is 3.85. The summed E-state index contributed by atoms with van der Waals surface area (Å²) in [7, 11) is 1.91. The van der Waals surface area contributed by atoms with Crippen molar-refractivity contribution >= 4 is 23.6 Å². The number of aryl methyl sites for hydroxylation is 2. The standard InChI is InChI=1S/C35H43F4N9O3/c1-19-12-25-26(14-24(19)31-30(35(37,38)39)20(2)13-27(40)43-31)42-33(50-18-34-9-5-10-48(34)16-22(36)15-34)44-32(25)46(4)23-8-11-47(17-23)29(49)7-6-28-41-21(3)45-51-28/h6-7,13,19,22-24H,5,8-12,14-18H2,1-4H3,(H2,40,43)/b7-6+/t19?,22-,23-,24?,34+/m1/s1. The van der Waals surface area contributed by atoms with E-state index in [1.54, 1.807) is 11.8 Å². The lowest BCUT2D eigenvalue weighted by molar-refractivity contribution is -0.139. The molecule has 2 N–H and O–H groups in total. The Labute approximate surface area is 293 Å². The van der Waals surface area contributed by atoms with E-state index in [0.29, 0.717) is 56.2 Å². The van der Waals surface area contributed by atoms with E-state index in [-0.39, 0.29) is 59.9 Å². The number of fused-ring (bicyclic) bond motifs is 2. The van der Waals surface area contributed by atoms with E-state index in [2.05, 4.69) is 20.0 Å². The minimum Gasteiger partial charge on any atom is -0.461 e. The number of rotatable bonds is 8. The van der Waals surface area contributed by atoms with Crippen LogP contribution in [0.3, 0.4) is 0 Å². The largest absolute Gasteiger partial charge is 0.461 e. The SMILES string of the molecule is Cc1noc(/C=C/C(=O)N2CC[C@@H](N(C)c3nc(OC[C@@]45CCCN4C[C@H](F)C5)nc4c3CC(C)C(c3nc(N)cc(C)c3C(F)(F)F)C4)C2)n1. The first-order valence-corrected chi connectivity index (χ1v) is 17.5. The fraction of sp³-hybridized carbons (Fsp3) is 0.600. The third-order valence-corrected chi connectivity index (χ3v) is 11.1. The van der Waals surface area contributed by atoms with Crippen LogP contribution in [0, 0.1) is 19.8 Å². The van der Waals surface area contributed by atoms with Gasteiger partial charge in [0.05, 0.1) is 22.5 Å². The van der Waals surface area contributed by atoms with Gasteiger partial charge in [-0.05, 0) is 70.0 Å². The van der Waals surface area contributed by atoms with Gasteiger partial charge in [0.2, 0.25) is 5.91 Å². The van der Waals surface area contributed by atoms with E-state index in [0.717, 1.165) is 24.9 Å². The molecule has 0 aromatic carbocycles. The molecule has 1 amide bonds. The van der Waals surface area contributed by atoms with Gasteiger partial charge in [-0.25, -0.2) is 9.37 Å². The molecule has 3 aromatic rings. The van der Waals surface area contributed by atoms with Crippen molar-refractivity contribution in [3.8, 4) is 6.01 Å². The third-order valence-electron chi connectivity index (χ3n) is 11.1. The van der Waals surface area contributed by atoms with Crippen molar-refractivity contribution in [1.82, 2.24) is 34.9 Å². The number of carbonyl (C=O) groups is 1. The van der Waals surface area contributed by atoms with Crippen molar-refractivity contribution in [3.05, 3.63) is 51.9 Å². The maximum Gasteiger partial charge on any atom is 0.418 e. The molecule has 0 radical (unpaired) electrons. The number of halogens is 4. The number of alkyl halides is 4. The molecule has 1 aliphatic carbocycles. The monoisotopic (exact) mass is 713 g/mol. The molecule has 274 valence electrons. The second-order valence-corrected chi connectivity index (χ2v) is 14.6.